The van der Waals surface area contributed by atoms with Crippen molar-refractivity contribution in [3.63, 3.8) is 0 Å². The third kappa shape index (κ3) is 5.24. The van der Waals surface area contributed by atoms with Crippen LogP contribution in [-0.4, -0.2) is 39.6 Å². The van der Waals surface area contributed by atoms with Crippen LogP contribution in [0.4, 0.5) is 0 Å². The van der Waals surface area contributed by atoms with Gasteiger partial charge in [-0.25, -0.2) is 0 Å². The molecule has 0 fully saturated rings. The Morgan fingerprint density at radius 1 is 1.08 bits per heavy atom. The van der Waals surface area contributed by atoms with E-state index in [4.69, 9.17) is 14.2 Å². The lowest BCUT2D eigenvalue weighted by atomic mass is 10.1. The molecule has 0 atom stereocenters. The van der Waals surface area contributed by atoms with E-state index < -0.39 is 0 Å². The Bertz CT molecular complexity index is 730. The number of amides is 1. The highest BCUT2D eigenvalue weighted by Gasteiger charge is 2.08. The normalized spacial score (nSPS) is 10.0. The summed E-state index contributed by atoms with van der Waals surface area (Å²) in [6, 6.07) is 12.5. The lowest BCUT2D eigenvalue weighted by molar-refractivity contribution is -0.123. The third-order valence-corrected chi connectivity index (χ3v) is 3.61. The Kier molecular flexibility index (Phi) is 6.83. The summed E-state index contributed by atoms with van der Waals surface area (Å²) in [6.07, 6.45) is 1.31. The second-order valence-corrected chi connectivity index (χ2v) is 5.22. The zero-order valence-electron chi connectivity index (χ0n) is 14.3. The van der Waals surface area contributed by atoms with Crippen molar-refractivity contribution in [3.05, 3.63) is 53.6 Å². The van der Waals surface area contributed by atoms with Crippen LogP contribution in [0.2, 0.25) is 0 Å². The number of carbonyl (C=O) groups excluding carboxylic acids is 2. The Labute approximate surface area is 146 Å². The molecule has 0 saturated heterocycles. The predicted octanol–water partition coefficient (Wildman–Crippen LogP) is 2.25. The molecule has 0 bridgehead atoms. The fourth-order valence-corrected chi connectivity index (χ4v) is 2.32. The summed E-state index contributed by atoms with van der Waals surface area (Å²) in [4.78, 5) is 23.0. The highest BCUT2D eigenvalue weighted by Crippen LogP contribution is 2.22. The van der Waals surface area contributed by atoms with Gasteiger partial charge < -0.3 is 19.5 Å². The summed E-state index contributed by atoms with van der Waals surface area (Å²) in [6.45, 7) is 0.296. The van der Waals surface area contributed by atoms with Crippen molar-refractivity contribution in [1.82, 2.24) is 5.32 Å². The molecule has 0 unspecified atom stereocenters. The lowest BCUT2D eigenvalue weighted by Crippen LogP contribution is -2.30. The Balaban J connectivity index is 1.82. The largest absolute Gasteiger partial charge is 0.497 e. The van der Waals surface area contributed by atoms with Crippen molar-refractivity contribution in [2.45, 2.75) is 6.42 Å². The highest BCUT2D eigenvalue weighted by atomic mass is 16.5. The van der Waals surface area contributed by atoms with Gasteiger partial charge in [0.05, 0.1) is 19.8 Å². The average Bonchev–Trinajstić information content (AvgIpc) is 2.66. The SMILES string of the molecule is COc1ccc(OCC(=O)NCCc2ccccc2OC)c(C=O)c1. The van der Waals surface area contributed by atoms with E-state index in [1.54, 1.807) is 25.3 Å². The molecule has 6 heteroatoms. The number of hydrogen-bond donors (Lipinski definition) is 1. The quantitative estimate of drug-likeness (QED) is 0.707. The molecule has 1 amide bonds. The summed E-state index contributed by atoms with van der Waals surface area (Å²) < 4.78 is 15.7. The van der Waals surface area contributed by atoms with E-state index in [-0.39, 0.29) is 12.5 Å². The molecule has 25 heavy (non-hydrogen) atoms. The monoisotopic (exact) mass is 343 g/mol. The number of nitrogens with one attached hydrogen (secondary N) is 1. The number of carbonyl (C=O) groups is 2. The van der Waals surface area contributed by atoms with E-state index >= 15 is 0 Å². The van der Waals surface area contributed by atoms with Gasteiger partial charge >= 0.3 is 0 Å². The molecule has 0 aromatic heterocycles. The lowest BCUT2D eigenvalue weighted by Gasteiger charge is -2.11. The summed E-state index contributed by atoms with van der Waals surface area (Å²) in [7, 11) is 3.13. The van der Waals surface area contributed by atoms with E-state index in [0.29, 0.717) is 36.3 Å². The maximum absolute atomic E-state index is 11.9. The molecular formula is C19H21NO5. The van der Waals surface area contributed by atoms with Gasteiger partial charge in [0.15, 0.2) is 12.9 Å². The molecule has 0 aliphatic carbocycles. The minimum Gasteiger partial charge on any atom is -0.497 e. The van der Waals surface area contributed by atoms with Crippen LogP contribution in [0.25, 0.3) is 0 Å². The maximum atomic E-state index is 11.9. The zero-order chi connectivity index (χ0) is 18.1. The van der Waals surface area contributed by atoms with Crippen LogP contribution in [0.1, 0.15) is 15.9 Å². The number of aldehydes is 1. The number of rotatable bonds is 9. The van der Waals surface area contributed by atoms with Crippen LogP contribution in [0.15, 0.2) is 42.5 Å². The molecule has 2 rings (SSSR count). The summed E-state index contributed by atoms with van der Waals surface area (Å²) in [5.41, 5.74) is 1.35. The van der Waals surface area contributed by atoms with Crippen LogP contribution in [0.3, 0.4) is 0 Å². The van der Waals surface area contributed by atoms with Gasteiger partial charge in [0.2, 0.25) is 0 Å². The summed E-state index contributed by atoms with van der Waals surface area (Å²) in [5.74, 6) is 1.43. The van der Waals surface area contributed by atoms with Gasteiger partial charge in [0.25, 0.3) is 5.91 Å². The molecule has 0 radical (unpaired) electrons. The van der Waals surface area contributed by atoms with Gasteiger partial charge in [0.1, 0.15) is 17.2 Å². The first kappa shape index (κ1) is 18.3. The molecule has 2 aromatic carbocycles. The third-order valence-electron chi connectivity index (χ3n) is 3.61. The van der Waals surface area contributed by atoms with Crippen molar-refractivity contribution in [2.75, 3.05) is 27.4 Å². The molecule has 0 saturated carbocycles. The van der Waals surface area contributed by atoms with E-state index in [2.05, 4.69) is 5.32 Å². The number of ether oxygens (including phenoxy) is 3. The molecule has 0 aliphatic heterocycles. The van der Waals surface area contributed by atoms with Crippen molar-refractivity contribution in [3.8, 4) is 17.2 Å². The highest BCUT2D eigenvalue weighted by molar-refractivity contribution is 5.81. The van der Waals surface area contributed by atoms with Crippen LogP contribution in [-0.2, 0) is 11.2 Å². The minimum absolute atomic E-state index is 0.168. The van der Waals surface area contributed by atoms with Gasteiger partial charge in [-0.3, -0.25) is 9.59 Å². The molecule has 2 aromatic rings. The predicted molar refractivity (Wildman–Crippen MR) is 93.6 cm³/mol. The van der Waals surface area contributed by atoms with Gasteiger partial charge in [-0.1, -0.05) is 18.2 Å². The van der Waals surface area contributed by atoms with Crippen molar-refractivity contribution in [2.24, 2.45) is 0 Å². The van der Waals surface area contributed by atoms with Gasteiger partial charge in [-0.05, 0) is 36.2 Å². The zero-order valence-corrected chi connectivity index (χ0v) is 14.3. The van der Waals surface area contributed by atoms with Gasteiger partial charge in [-0.15, -0.1) is 0 Å². The Hall–Kier alpha value is -3.02. The molecule has 0 aliphatic rings. The first-order valence-electron chi connectivity index (χ1n) is 7.82. The Morgan fingerprint density at radius 2 is 1.88 bits per heavy atom. The summed E-state index contributed by atoms with van der Waals surface area (Å²) >= 11 is 0. The smallest absolute Gasteiger partial charge is 0.257 e. The number of benzene rings is 2. The number of para-hydroxylation sites is 1. The van der Waals surface area contributed by atoms with Crippen molar-refractivity contribution >= 4 is 12.2 Å². The second kappa shape index (κ2) is 9.32. The first-order chi connectivity index (χ1) is 12.2. The first-order valence-corrected chi connectivity index (χ1v) is 7.82. The Morgan fingerprint density at radius 3 is 2.60 bits per heavy atom. The van der Waals surface area contributed by atoms with E-state index in [1.165, 1.54) is 7.11 Å². The van der Waals surface area contributed by atoms with Crippen LogP contribution in [0.5, 0.6) is 17.2 Å². The van der Waals surface area contributed by atoms with E-state index in [9.17, 15) is 9.59 Å². The average molecular weight is 343 g/mol. The molecular weight excluding hydrogens is 322 g/mol. The van der Waals surface area contributed by atoms with Crippen molar-refractivity contribution < 1.29 is 23.8 Å². The minimum atomic E-state index is -0.262. The van der Waals surface area contributed by atoms with E-state index in [0.717, 1.165) is 11.3 Å². The second-order valence-electron chi connectivity index (χ2n) is 5.22. The van der Waals surface area contributed by atoms with Gasteiger partial charge in [-0.2, -0.15) is 0 Å². The molecule has 6 nitrogen and oxygen atoms in total. The van der Waals surface area contributed by atoms with E-state index in [1.807, 2.05) is 24.3 Å². The van der Waals surface area contributed by atoms with Gasteiger partial charge in [0, 0.05) is 6.54 Å². The van der Waals surface area contributed by atoms with Crippen LogP contribution < -0.4 is 19.5 Å². The molecule has 0 heterocycles. The number of methoxy groups -OCH3 is 2. The standard InChI is InChI=1S/C19H21NO5/c1-23-16-7-8-18(15(11-16)12-21)25-13-19(22)20-10-9-14-5-3-4-6-17(14)24-2/h3-8,11-12H,9-10,13H2,1-2H3,(H,20,22). The fourth-order valence-electron chi connectivity index (χ4n) is 2.32. The van der Waals surface area contributed by atoms with Crippen LogP contribution in [0, 0.1) is 0 Å². The molecule has 132 valence electrons. The van der Waals surface area contributed by atoms with Crippen molar-refractivity contribution in [1.29, 1.82) is 0 Å². The molecule has 0 spiro atoms. The number of hydrogen-bond acceptors (Lipinski definition) is 5. The summed E-state index contributed by atoms with van der Waals surface area (Å²) in [5, 5.41) is 2.78. The fraction of sp³-hybridized carbons (Fsp3) is 0.263. The topological polar surface area (TPSA) is 73.9 Å². The maximum Gasteiger partial charge on any atom is 0.257 e. The van der Waals surface area contributed by atoms with Crippen LogP contribution >= 0.6 is 0 Å². The molecule has 1 N–H and O–H groups in total.